The second-order valence-corrected chi connectivity index (χ2v) is 8.93. The van der Waals surface area contributed by atoms with Crippen LogP contribution >= 0.6 is 0 Å². The molecule has 1 N–H and O–H groups in total. The Morgan fingerprint density at radius 1 is 1.07 bits per heavy atom. The highest BCUT2D eigenvalue weighted by molar-refractivity contribution is 7.90. The molecule has 152 valence electrons. The summed E-state index contributed by atoms with van der Waals surface area (Å²) in [5, 5.41) is 2.88. The highest BCUT2D eigenvalue weighted by Crippen LogP contribution is 2.19. The number of carbonyl (C=O) groups is 1. The van der Waals surface area contributed by atoms with Crippen LogP contribution in [0.3, 0.4) is 0 Å². The minimum absolute atomic E-state index is 0.191. The van der Waals surface area contributed by atoms with Crippen LogP contribution in [0.15, 0.2) is 48.5 Å². The van der Waals surface area contributed by atoms with Gasteiger partial charge in [0, 0.05) is 26.7 Å². The summed E-state index contributed by atoms with van der Waals surface area (Å²) in [6, 6.07) is 13.9. The highest BCUT2D eigenvalue weighted by Gasteiger charge is 2.21. The highest BCUT2D eigenvalue weighted by atomic mass is 32.2. The van der Waals surface area contributed by atoms with E-state index in [1.807, 2.05) is 38.1 Å². The maximum Gasteiger partial charge on any atom is 0.303 e. The van der Waals surface area contributed by atoms with Crippen molar-refractivity contribution >= 4 is 21.8 Å². The van der Waals surface area contributed by atoms with Crippen molar-refractivity contribution in [3.8, 4) is 5.75 Å². The Labute approximate surface area is 167 Å². The Morgan fingerprint density at radius 3 is 2.25 bits per heavy atom. The molecule has 0 fully saturated rings. The number of para-hydroxylation sites is 1. The Bertz CT molecular complexity index is 911. The van der Waals surface area contributed by atoms with Crippen LogP contribution in [0.2, 0.25) is 0 Å². The Kier molecular flexibility index (Phi) is 7.04. The standard InChI is InChI=1S/C20H27N3O4S/c1-15-8-6-7-9-19(15)27-14-16(2)21-20(24)17-10-12-18(13-11-17)23(5)28(25,26)22(3)4/h6-13,16H,14H2,1-5H3,(H,21,24). The molecule has 0 aliphatic rings. The van der Waals surface area contributed by atoms with Crippen LogP contribution in [-0.2, 0) is 10.2 Å². The Hall–Kier alpha value is -2.58. The predicted octanol–water partition coefficient (Wildman–Crippen LogP) is 2.43. The number of hydrogen-bond donors (Lipinski definition) is 1. The zero-order chi connectivity index (χ0) is 20.9. The molecule has 0 aliphatic carbocycles. The van der Waals surface area contributed by atoms with Crippen LogP contribution in [0.1, 0.15) is 22.8 Å². The van der Waals surface area contributed by atoms with Crippen LogP contribution in [0.5, 0.6) is 5.75 Å². The maximum absolute atomic E-state index is 12.4. The van der Waals surface area contributed by atoms with E-state index < -0.39 is 10.2 Å². The molecule has 0 aromatic heterocycles. The number of amides is 1. The van der Waals surface area contributed by atoms with E-state index >= 15 is 0 Å². The van der Waals surface area contributed by atoms with E-state index in [-0.39, 0.29) is 11.9 Å². The van der Waals surface area contributed by atoms with Gasteiger partial charge in [-0.3, -0.25) is 9.10 Å². The van der Waals surface area contributed by atoms with E-state index in [1.54, 1.807) is 24.3 Å². The number of aryl methyl sites for hydroxylation is 1. The van der Waals surface area contributed by atoms with Gasteiger partial charge in [-0.1, -0.05) is 18.2 Å². The third-order valence-electron chi connectivity index (χ3n) is 4.26. The third-order valence-corrected chi connectivity index (χ3v) is 6.09. The van der Waals surface area contributed by atoms with Gasteiger partial charge in [0.05, 0.1) is 11.7 Å². The van der Waals surface area contributed by atoms with Crippen molar-refractivity contribution in [3.63, 3.8) is 0 Å². The molecule has 7 nitrogen and oxygen atoms in total. The summed E-state index contributed by atoms with van der Waals surface area (Å²) >= 11 is 0. The molecule has 0 bridgehead atoms. The molecule has 8 heteroatoms. The van der Waals surface area contributed by atoms with Gasteiger partial charge in [-0.2, -0.15) is 12.7 Å². The second kappa shape index (κ2) is 9.07. The number of hydrogen-bond acceptors (Lipinski definition) is 4. The molecule has 1 unspecified atom stereocenters. The molecule has 0 radical (unpaired) electrons. The van der Waals surface area contributed by atoms with E-state index in [4.69, 9.17) is 4.74 Å². The number of nitrogens with zero attached hydrogens (tertiary/aromatic N) is 2. The number of ether oxygens (including phenoxy) is 1. The average molecular weight is 406 g/mol. The molecule has 0 saturated heterocycles. The van der Waals surface area contributed by atoms with Gasteiger partial charge in [0.15, 0.2) is 0 Å². The van der Waals surface area contributed by atoms with Gasteiger partial charge < -0.3 is 10.1 Å². The summed E-state index contributed by atoms with van der Waals surface area (Å²) in [6.45, 7) is 4.17. The van der Waals surface area contributed by atoms with Crippen molar-refractivity contribution < 1.29 is 17.9 Å². The van der Waals surface area contributed by atoms with Gasteiger partial charge >= 0.3 is 10.2 Å². The fourth-order valence-corrected chi connectivity index (χ4v) is 3.36. The van der Waals surface area contributed by atoms with Crippen LogP contribution in [0.25, 0.3) is 0 Å². The minimum atomic E-state index is -3.57. The van der Waals surface area contributed by atoms with Gasteiger partial charge in [0.2, 0.25) is 0 Å². The van der Waals surface area contributed by atoms with Crippen LogP contribution < -0.4 is 14.4 Å². The molecular formula is C20H27N3O4S. The van der Waals surface area contributed by atoms with Gasteiger partial charge in [0.25, 0.3) is 5.91 Å². The van der Waals surface area contributed by atoms with E-state index in [2.05, 4.69) is 5.32 Å². The molecule has 2 aromatic rings. The molecular weight excluding hydrogens is 378 g/mol. The summed E-state index contributed by atoms with van der Waals surface area (Å²) in [5.74, 6) is 0.545. The molecule has 1 atom stereocenters. The number of carbonyl (C=O) groups excluding carboxylic acids is 1. The van der Waals surface area contributed by atoms with Gasteiger partial charge in [0.1, 0.15) is 12.4 Å². The van der Waals surface area contributed by atoms with Gasteiger partial charge in [-0.25, -0.2) is 0 Å². The maximum atomic E-state index is 12.4. The summed E-state index contributed by atoms with van der Waals surface area (Å²) in [7, 11) is 0.831. The van der Waals surface area contributed by atoms with Crippen LogP contribution in [0.4, 0.5) is 5.69 Å². The van der Waals surface area contributed by atoms with Crippen LogP contribution in [-0.4, -0.2) is 52.4 Å². The van der Waals surface area contributed by atoms with E-state index in [0.717, 1.165) is 19.9 Å². The number of rotatable bonds is 8. The first-order valence-corrected chi connectivity index (χ1v) is 10.3. The van der Waals surface area contributed by atoms with E-state index in [0.29, 0.717) is 17.9 Å². The average Bonchev–Trinajstić information content (AvgIpc) is 2.66. The fourth-order valence-electron chi connectivity index (χ4n) is 2.48. The van der Waals surface area contributed by atoms with Gasteiger partial charge in [-0.15, -0.1) is 0 Å². The number of anilines is 1. The van der Waals surface area contributed by atoms with Crippen molar-refractivity contribution in [3.05, 3.63) is 59.7 Å². The Balaban J connectivity index is 1.96. The zero-order valence-electron chi connectivity index (χ0n) is 16.8. The molecule has 0 aliphatic heterocycles. The molecule has 0 heterocycles. The van der Waals surface area contributed by atoms with Crippen molar-refractivity contribution in [1.82, 2.24) is 9.62 Å². The SMILES string of the molecule is Cc1ccccc1OCC(C)NC(=O)c1ccc(N(C)S(=O)(=O)N(C)C)cc1. The van der Waals surface area contributed by atoms with Crippen molar-refractivity contribution in [2.75, 3.05) is 32.1 Å². The topological polar surface area (TPSA) is 79.0 Å². The molecule has 1 amide bonds. The lowest BCUT2D eigenvalue weighted by molar-refractivity contribution is 0.0926. The first kappa shape index (κ1) is 21.7. The third kappa shape index (κ3) is 5.24. The first-order valence-electron chi connectivity index (χ1n) is 8.88. The minimum Gasteiger partial charge on any atom is -0.491 e. The van der Waals surface area contributed by atoms with Crippen molar-refractivity contribution in [2.45, 2.75) is 19.9 Å². The predicted molar refractivity (Wildman–Crippen MR) is 111 cm³/mol. The van der Waals surface area contributed by atoms with E-state index in [1.165, 1.54) is 21.1 Å². The monoisotopic (exact) mass is 405 g/mol. The number of nitrogens with one attached hydrogen (secondary N) is 1. The number of benzene rings is 2. The Morgan fingerprint density at radius 2 is 1.68 bits per heavy atom. The first-order chi connectivity index (χ1) is 13.1. The largest absolute Gasteiger partial charge is 0.491 e. The molecule has 2 rings (SSSR count). The second-order valence-electron chi connectivity index (χ2n) is 6.76. The molecule has 0 spiro atoms. The lowest BCUT2D eigenvalue weighted by Crippen LogP contribution is -2.38. The normalized spacial score (nSPS) is 12.5. The van der Waals surface area contributed by atoms with Crippen molar-refractivity contribution in [1.29, 1.82) is 0 Å². The lowest BCUT2D eigenvalue weighted by Gasteiger charge is -2.23. The van der Waals surface area contributed by atoms with Crippen LogP contribution in [0, 0.1) is 6.92 Å². The van der Waals surface area contributed by atoms with Crippen molar-refractivity contribution in [2.24, 2.45) is 0 Å². The fraction of sp³-hybridized carbons (Fsp3) is 0.350. The molecule has 2 aromatic carbocycles. The van der Waals surface area contributed by atoms with E-state index in [9.17, 15) is 13.2 Å². The lowest BCUT2D eigenvalue weighted by atomic mass is 10.2. The molecule has 28 heavy (non-hydrogen) atoms. The summed E-state index contributed by atoms with van der Waals surface area (Å²) in [5.41, 5.74) is 1.96. The zero-order valence-corrected chi connectivity index (χ0v) is 17.7. The summed E-state index contributed by atoms with van der Waals surface area (Å²) in [4.78, 5) is 12.4. The quantitative estimate of drug-likeness (QED) is 0.732. The summed E-state index contributed by atoms with van der Waals surface area (Å²) < 4.78 is 32.4. The summed E-state index contributed by atoms with van der Waals surface area (Å²) in [6.07, 6.45) is 0. The smallest absolute Gasteiger partial charge is 0.303 e. The molecule has 0 saturated carbocycles. The van der Waals surface area contributed by atoms with Gasteiger partial charge in [-0.05, 0) is 49.7 Å².